The molecule has 2 aliphatic rings. The van der Waals surface area contributed by atoms with Crippen LogP contribution < -0.4 is 18.9 Å². The maximum Gasteiger partial charge on any atom is 0.229 e. The second-order valence-corrected chi connectivity index (χ2v) is 9.08. The smallest absolute Gasteiger partial charge is 0.229 e. The Bertz CT molecular complexity index is 1040. The highest BCUT2D eigenvalue weighted by molar-refractivity contribution is 5.56. The van der Waals surface area contributed by atoms with Gasteiger partial charge in [0, 0.05) is 12.2 Å². The molecule has 198 valence electrons. The number of methoxy groups -OCH3 is 2. The van der Waals surface area contributed by atoms with Gasteiger partial charge >= 0.3 is 0 Å². The van der Waals surface area contributed by atoms with E-state index in [1.807, 2.05) is 12.1 Å². The summed E-state index contributed by atoms with van der Waals surface area (Å²) < 4.78 is 28.7. The highest BCUT2D eigenvalue weighted by Crippen LogP contribution is 2.51. The second-order valence-electron chi connectivity index (χ2n) is 9.08. The average molecular weight is 507 g/mol. The predicted octanol–water partition coefficient (Wildman–Crippen LogP) is 1.04. The zero-order valence-electron chi connectivity index (χ0n) is 20.5. The number of hydrogen-bond donors (Lipinski definition) is 5. The molecule has 0 aliphatic carbocycles. The van der Waals surface area contributed by atoms with Crippen LogP contribution in [-0.2, 0) is 11.2 Å². The van der Waals surface area contributed by atoms with Crippen molar-refractivity contribution in [1.29, 1.82) is 0 Å². The van der Waals surface area contributed by atoms with E-state index in [1.165, 1.54) is 7.11 Å². The van der Waals surface area contributed by atoms with E-state index in [0.29, 0.717) is 30.1 Å². The molecule has 0 radical (unpaired) electrons. The molecular weight excluding hydrogens is 472 g/mol. The van der Waals surface area contributed by atoms with Gasteiger partial charge in [-0.25, -0.2) is 0 Å². The van der Waals surface area contributed by atoms with Gasteiger partial charge in [0.05, 0.1) is 32.8 Å². The molecule has 2 heterocycles. The summed E-state index contributed by atoms with van der Waals surface area (Å²) in [4.78, 5) is 0. The molecule has 2 aromatic carbocycles. The minimum Gasteiger partial charge on any atom is -0.493 e. The van der Waals surface area contributed by atoms with E-state index >= 15 is 0 Å². The maximum absolute atomic E-state index is 10.3. The van der Waals surface area contributed by atoms with Crippen molar-refractivity contribution in [3.63, 3.8) is 0 Å². The van der Waals surface area contributed by atoms with Crippen molar-refractivity contribution in [2.75, 3.05) is 27.4 Å². The van der Waals surface area contributed by atoms with Crippen LogP contribution in [0.3, 0.4) is 0 Å². The Hall–Kier alpha value is -2.60. The molecule has 0 amide bonds. The molecule has 10 heteroatoms. The third-order valence-corrected chi connectivity index (χ3v) is 6.76. The third-order valence-electron chi connectivity index (χ3n) is 6.76. The van der Waals surface area contributed by atoms with Crippen LogP contribution in [0.15, 0.2) is 30.3 Å². The molecule has 1 fully saturated rings. The van der Waals surface area contributed by atoms with Gasteiger partial charge < -0.3 is 49.2 Å². The zero-order chi connectivity index (χ0) is 26.0. The van der Waals surface area contributed by atoms with Crippen LogP contribution in [0.4, 0.5) is 0 Å². The maximum atomic E-state index is 10.3. The van der Waals surface area contributed by atoms with Gasteiger partial charge in [-0.2, -0.15) is 0 Å². The molecule has 0 saturated carbocycles. The molecular formula is C26H34O10. The van der Waals surface area contributed by atoms with Crippen LogP contribution in [0.2, 0.25) is 0 Å². The van der Waals surface area contributed by atoms with Gasteiger partial charge in [0.15, 0.2) is 23.0 Å². The third kappa shape index (κ3) is 4.97. The fourth-order valence-electron chi connectivity index (χ4n) is 4.72. The molecule has 5 N–H and O–H groups in total. The van der Waals surface area contributed by atoms with Crippen molar-refractivity contribution >= 4 is 0 Å². The second kappa shape index (κ2) is 11.2. The summed E-state index contributed by atoms with van der Waals surface area (Å²) in [6.45, 7) is 1.49. The first-order valence-corrected chi connectivity index (χ1v) is 12.0. The van der Waals surface area contributed by atoms with E-state index in [2.05, 4.69) is 0 Å². The van der Waals surface area contributed by atoms with Crippen molar-refractivity contribution in [2.24, 2.45) is 0 Å². The molecule has 2 aromatic rings. The van der Waals surface area contributed by atoms with Gasteiger partial charge in [-0.3, -0.25) is 0 Å². The minimum atomic E-state index is -1.46. The Labute approximate surface area is 209 Å². The molecule has 0 aromatic heterocycles. The molecule has 36 heavy (non-hydrogen) atoms. The normalized spacial score (nSPS) is 29.4. The van der Waals surface area contributed by atoms with Crippen molar-refractivity contribution in [1.82, 2.24) is 0 Å². The summed E-state index contributed by atoms with van der Waals surface area (Å²) in [6.07, 6.45) is -5.31. The number of rotatable bonds is 9. The molecule has 0 spiro atoms. The highest BCUT2D eigenvalue weighted by Gasteiger charge is 2.43. The number of ether oxygens (including phenoxy) is 5. The van der Waals surface area contributed by atoms with Crippen LogP contribution in [-0.4, -0.2) is 83.7 Å². The summed E-state index contributed by atoms with van der Waals surface area (Å²) >= 11 is 0. The van der Waals surface area contributed by atoms with Crippen LogP contribution in [0.25, 0.3) is 0 Å². The fraction of sp³-hybridized carbons (Fsp3) is 0.538. The molecule has 10 nitrogen and oxygen atoms in total. The molecule has 2 aliphatic heterocycles. The first kappa shape index (κ1) is 26.5. The molecule has 1 saturated heterocycles. The summed E-state index contributed by atoms with van der Waals surface area (Å²) in [5.41, 5.74) is 2.54. The number of fused-ring (bicyclic) bond motifs is 1. The summed E-state index contributed by atoms with van der Waals surface area (Å²) in [7, 11) is 3.03. The van der Waals surface area contributed by atoms with Gasteiger partial charge in [0.1, 0.15) is 24.4 Å². The van der Waals surface area contributed by atoms with E-state index in [1.54, 1.807) is 32.2 Å². The van der Waals surface area contributed by atoms with Crippen LogP contribution in [0.5, 0.6) is 23.0 Å². The average Bonchev–Trinajstić information content (AvgIpc) is 3.27. The molecule has 7 atom stereocenters. The highest BCUT2D eigenvalue weighted by atomic mass is 16.7. The van der Waals surface area contributed by atoms with Gasteiger partial charge in [-0.1, -0.05) is 12.1 Å². The van der Waals surface area contributed by atoms with Crippen LogP contribution in [0.1, 0.15) is 42.1 Å². The van der Waals surface area contributed by atoms with Gasteiger partial charge in [-0.05, 0) is 49.1 Å². The summed E-state index contributed by atoms with van der Waals surface area (Å²) in [6, 6.07) is 8.98. The van der Waals surface area contributed by atoms with Crippen LogP contribution in [0, 0.1) is 0 Å². The number of aryl methyl sites for hydroxylation is 1. The van der Waals surface area contributed by atoms with E-state index in [0.717, 1.165) is 16.7 Å². The monoisotopic (exact) mass is 506 g/mol. The zero-order valence-corrected chi connectivity index (χ0v) is 20.5. The van der Waals surface area contributed by atoms with Gasteiger partial charge in [0.25, 0.3) is 0 Å². The van der Waals surface area contributed by atoms with E-state index in [9.17, 15) is 25.5 Å². The number of benzene rings is 2. The molecule has 4 rings (SSSR count). The van der Waals surface area contributed by atoms with Crippen molar-refractivity contribution in [3.8, 4) is 23.0 Å². The minimum absolute atomic E-state index is 0.0809. The number of aliphatic hydroxyl groups is 5. The number of aliphatic hydroxyl groups excluding tert-OH is 5. The Balaban J connectivity index is 1.60. The lowest BCUT2D eigenvalue weighted by atomic mass is 9.90. The summed E-state index contributed by atoms with van der Waals surface area (Å²) in [5.74, 6) is 1.37. The molecule has 0 bridgehead atoms. The first-order valence-electron chi connectivity index (χ1n) is 12.0. The van der Waals surface area contributed by atoms with Gasteiger partial charge in [0.2, 0.25) is 6.29 Å². The largest absolute Gasteiger partial charge is 0.493 e. The van der Waals surface area contributed by atoms with Gasteiger partial charge in [-0.15, -0.1) is 0 Å². The van der Waals surface area contributed by atoms with E-state index in [4.69, 9.17) is 23.7 Å². The Morgan fingerprint density at radius 2 is 1.64 bits per heavy atom. The lowest BCUT2D eigenvalue weighted by Gasteiger charge is -2.39. The van der Waals surface area contributed by atoms with E-state index in [-0.39, 0.29) is 24.9 Å². The van der Waals surface area contributed by atoms with Crippen molar-refractivity contribution in [2.45, 2.75) is 62.5 Å². The standard InChI is InChI=1S/C26H34O10/c1-13-21(29)22(30)23(31)26(34-13)35-18-7-6-15(11-19(18)32-2)24-17(12-28)16-9-14(5-4-8-27)10-20(33-3)25(16)36-24/h6-7,9-11,13,17,21-24,26-31H,4-5,8,12H2,1-3H3/t13-,17+,21-,22+,23+,24-,26-/m1/s1. The van der Waals surface area contributed by atoms with Crippen LogP contribution >= 0.6 is 0 Å². The Morgan fingerprint density at radius 1 is 0.889 bits per heavy atom. The fourth-order valence-corrected chi connectivity index (χ4v) is 4.72. The first-order chi connectivity index (χ1) is 17.3. The van der Waals surface area contributed by atoms with Crippen molar-refractivity contribution < 1.29 is 49.2 Å². The quantitative estimate of drug-likeness (QED) is 0.334. The lowest BCUT2D eigenvalue weighted by molar-refractivity contribution is -0.268. The SMILES string of the molecule is COc1cc([C@H]2Oc3c(OC)cc(CCCO)cc3[C@@H]2CO)ccc1O[C@H]1O[C@H](C)[C@@H](O)[C@H](O)[C@@H]1O. The van der Waals surface area contributed by atoms with Crippen molar-refractivity contribution in [3.05, 3.63) is 47.0 Å². The summed E-state index contributed by atoms with van der Waals surface area (Å²) in [5, 5.41) is 49.8. The van der Waals surface area contributed by atoms with E-state index < -0.39 is 36.8 Å². The number of hydrogen-bond acceptors (Lipinski definition) is 10. The topological polar surface area (TPSA) is 147 Å². The predicted molar refractivity (Wildman–Crippen MR) is 128 cm³/mol. The molecule has 0 unspecified atom stereocenters. The Morgan fingerprint density at radius 3 is 2.31 bits per heavy atom. The lowest BCUT2D eigenvalue weighted by Crippen LogP contribution is -2.58. The Kier molecular flexibility index (Phi) is 8.23.